The van der Waals surface area contributed by atoms with Crippen LogP contribution in [0.5, 0.6) is 0 Å². The molecule has 2 aliphatic rings. The third kappa shape index (κ3) is 2.51. The number of sulfonamides is 1. The van der Waals surface area contributed by atoms with Gasteiger partial charge >= 0.3 is 0 Å². The second-order valence-electron chi connectivity index (χ2n) is 5.48. The lowest BCUT2D eigenvalue weighted by molar-refractivity contribution is 0.342. The van der Waals surface area contributed by atoms with Gasteiger partial charge in [-0.1, -0.05) is 26.2 Å². The van der Waals surface area contributed by atoms with Gasteiger partial charge in [0.2, 0.25) is 10.0 Å². The number of rotatable bonds is 3. The maximum Gasteiger partial charge on any atom is 0.217 e. The third-order valence-corrected chi connectivity index (χ3v) is 6.79. The van der Waals surface area contributed by atoms with E-state index in [9.17, 15) is 8.42 Å². The van der Waals surface area contributed by atoms with Crippen molar-refractivity contribution in [2.24, 2.45) is 11.7 Å². The molecule has 5 heteroatoms. The highest BCUT2D eigenvalue weighted by Gasteiger charge is 2.41. The Bertz CT molecular complexity index is 350. The summed E-state index contributed by atoms with van der Waals surface area (Å²) in [5.74, 6) is 0.401. The Labute approximate surface area is 105 Å². The van der Waals surface area contributed by atoms with Gasteiger partial charge in [-0.3, -0.25) is 0 Å². The maximum atomic E-state index is 12.6. The van der Waals surface area contributed by atoms with Crippen LogP contribution < -0.4 is 5.73 Å². The summed E-state index contributed by atoms with van der Waals surface area (Å²) in [4.78, 5) is 0. The minimum atomic E-state index is -3.10. The maximum absolute atomic E-state index is 12.6. The lowest BCUT2D eigenvalue weighted by atomic mass is 10.0. The van der Waals surface area contributed by atoms with Crippen LogP contribution in [0.2, 0.25) is 0 Å². The molecule has 2 rings (SSSR count). The Kier molecular flexibility index (Phi) is 4.10. The molecule has 1 heterocycles. The summed E-state index contributed by atoms with van der Waals surface area (Å²) in [6.45, 7) is 3.23. The highest BCUT2D eigenvalue weighted by Crippen LogP contribution is 2.32. The van der Waals surface area contributed by atoms with Crippen molar-refractivity contribution in [1.29, 1.82) is 0 Å². The van der Waals surface area contributed by atoms with Gasteiger partial charge in [0.1, 0.15) is 0 Å². The zero-order valence-corrected chi connectivity index (χ0v) is 11.5. The van der Waals surface area contributed by atoms with Gasteiger partial charge in [-0.15, -0.1) is 0 Å². The van der Waals surface area contributed by atoms with E-state index in [0.29, 0.717) is 19.0 Å². The molecule has 4 nitrogen and oxygen atoms in total. The SMILES string of the molecule is CC1CCN(S(=O)(=O)C2CCCCC2)C1CN. The Hall–Kier alpha value is -0.130. The highest BCUT2D eigenvalue weighted by molar-refractivity contribution is 7.89. The molecule has 0 aromatic rings. The van der Waals surface area contributed by atoms with E-state index in [0.717, 1.165) is 32.1 Å². The van der Waals surface area contributed by atoms with Gasteiger partial charge in [0.05, 0.1) is 5.25 Å². The minimum Gasteiger partial charge on any atom is -0.329 e. The van der Waals surface area contributed by atoms with Crippen molar-refractivity contribution in [1.82, 2.24) is 4.31 Å². The number of nitrogens with zero attached hydrogens (tertiary/aromatic N) is 1. The summed E-state index contributed by atoms with van der Waals surface area (Å²) in [6.07, 6.45) is 5.92. The fourth-order valence-corrected chi connectivity index (χ4v) is 5.54. The summed E-state index contributed by atoms with van der Waals surface area (Å²) in [5.41, 5.74) is 5.73. The van der Waals surface area contributed by atoms with Crippen LogP contribution in [-0.2, 0) is 10.0 Å². The largest absolute Gasteiger partial charge is 0.329 e. The minimum absolute atomic E-state index is 0.0296. The summed E-state index contributed by atoms with van der Waals surface area (Å²) >= 11 is 0. The van der Waals surface area contributed by atoms with Crippen molar-refractivity contribution in [3.8, 4) is 0 Å². The molecule has 0 spiro atoms. The number of hydrogen-bond donors (Lipinski definition) is 1. The van der Waals surface area contributed by atoms with E-state index in [1.807, 2.05) is 0 Å². The quantitative estimate of drug-likeness (QED) is 0.832. The van der Waals surface area contributed by atoms with Crippen LogP contribution >= 0.6 is 0 Å². The summed E-state index contributed by atoms with van der Waals surface area (Å²) in [7, 11) is -3.10. The van der Waals surface area contributed by atoms with Crippen molar-refractivity contribution >= 4 is 10.0 Å². The van der Waals surface area contributed by atoms with E-state index in [1.165, 1.54) is 6.42 Å². The normalized spacial score (nSPS) is 33.1. The molecule has 2 unspecified atom stereocenters. The molecule has 1 aliphatic heterocycles. The predicted octanol–water partition coefficient (Wildman–Crippen LogP) is 1.32. The van der Waals surface area contributed by atoms with E-state index in [-0.39, 0.29) is 11.3 Å². The lowest BCUT2D eigenvalue weighted by Gasteiger charge is -2.31. The van der Waals surface area contributed by atoms with Crippen LogP contribution in [0, 0.1) is 5.92 Å². The second kappa shape index (κ2) is 5.24. The van der Waals surface area contributed by atoms with Gasteiger partial charge in [-0.25, -0.2) is 8.42 Å². The summed E-state index contributed by atoms with van der Waals surface area (Å²) < 4.78 is 26.8. The average Bonchev–Trinajstić information content (AvgIpc) is 2.72. The fourth-order valence-electron chi connectivity index (χ4n) is 3.19. The topological polar surface area (TPSA) is 63.4 Å². The monoisotopic (exact) mass is 260 g/mol. The Morgan fingerprint density at radius 2 is 1.82 bits per heavy atom. The Morgan fingerprint density at radius 3 is 2.41 bits per heavy atom. The molecule has 1 saturated carbocycles. The molecule has 0 radical (unpaired) electrons. The van der Waals surface area contributed by atoms with Crippen LogP contribution in [0.4, 0.5) is 0 Å². The molecule has 0 aromatic heterocycles. The smallest absolute Gasteiger partial charge is 0.217 e. The van der Waals surface area contributed by atoms with E-state index in [4.69, 9.17) is 5.73 Å². The lowest BCUT2D eigenvalue weighted by Crippen LogP contribution is -2.46. The van der Waals surface area contributed by atoms with Crippen LogP contribution in [-0.4, -0.2) is 37.1 Å². The first-order valence-corrected chi connectivity index (χ1v) is 8.28. The van der Waals surface area contributed by atoms with Crippen molar-refractivity contribution in [3.05, 3.63) is 0 Å². The first kappa shape index (κ1) is 13.3. The average molecular weight is 260 g/mol. The zero-order valence-electron chi connectivity index (χ0n) is 10.6. The van der Waals surface area contributed by atoms with Crippen LogP contribution in [0.3, 0.4) is 0 Å². The summed E-state index contributed by atoms with van der Waals surface area (Å²) in [6, 6.07) is 0.0296. The van der Waals surface area contributed by atoms with Gasteiger partial charge in [0.15, 0.2) is 0 Å². The second-order valence-corrected chi connectivity index (χ2v) is 7.65. The van der Waals surface area contributed by atoms with Gasteiger partial charge < -0.3 is 5.73 Å². The van der Waals surface area contributed by atoms with E-state index >= 15 is 0 Å². The van der Waals surface area contributed by atoms with E-state index in [2.05, 4.69) is 6.92 Å². The molecule has 1 aliphatic carbocycles. The van der Waals surface area contributed by atoms with Gasteiger partial charge in [0.25, 0.3) is 0 Å². The number of hydrogen-bond acceptors (Lipinski definition) is 3. The molecule has 0 bridgehead atoms. The molecule has 2 fully saturated rings. The van der Waals surface area contributed by atoms with E-state index in [1.54, 1.807) is 4.31 Å². The molecule has 0 amide bonds. The number of nitrogens with two attached hydrogens (primary N) is 1. The molecular formula is C12H24N2O2S. The molecule has 2 atom stereocenters. The van der Waals surface area contributed by atoms with Crippen molar-refractivity contribution in [2.45, 2.75) is 56.7 Å². The van der Waals surface area contributed by atoms with Gasteiger partial charge in [0, 0.05) is 19.1 Å². The van der Waals surface area contributed by atoms with Crippen LogP contribution in [0.1, 0.15) is 45.4 Å². The van der Waals surface area contributed by atoms with Crippen LogP contribution in [0.15, 0.2) is 0 Å². The highest BCUT2D eigenvalue weighted by atomic mass is 32.2. The third-order valence-electron chi connectivity index (χ3n) is 4.37. The van der Waals surface area contributed by atoms with Gasteiger partial charge in [-0.2, -0.15) is 4.31 Å². The van der Waals surface area contributed by atoms with Crippen molar-refractivity contribution in [2.75, 3.05) is 13.1 Å². The zero-order chi connectivity index (χ0) is 12.5. The molecule has 2 N–H and O–H groups in total. The molecular weight excluding hydrogens is 236 g/mol. The Morgan fingerprint density at radius 1 is 1.18 bits per heavy atom. The fraction of sp³-hybridized carbons (Fsp3) is 1.00. The van der Waals surface area contributed by atoms with Crippen molar-refractivity contribution < 1.29 is 8.42 Å². The van der Waals surface area contributed by atoms with Crippen molar-refractivity contribution in [3.63, 3.8) is 0 Å². The molecule has 0 aromatic carbocycles. The standard InChI is InChI=1S/C12H24N2O2S/c1-10-7-8-14(12(10)9-13)17(15,16)11-5-3-2-4-6-11/h10-12H,2-9,13H2,1H3. The molecule has 17 heavy (non-hydrogen) atoms. The van der Waals surface area contributed by atoms with Crippen LogP contribution in [0.25, 0.3) is 0 Å². The Balaban J connectivity index is 2.14. The first-order chi connectivity index (χ1) is 8.07. The molecule has 1 saturated heterocycles. The predicted molar refractivity (Wildman–Crippen MR) is 69.1 cm³/mol. The summed E-state index contributed by atoms with van der Waals surface area (Å²) in [5, 5.41) is -0.143. The van der Waals surface area contributed by atoms with Gasteiger partial charge in [-0.05, 0) is 25.2 Å². The van der Waals surface area contributed by atoms with E-state index < -0.39 is 10.0 Å². The first-order valence-electron chi connectivity index (χ1n) is 6.78. The molecule has 100 valence electrons.